The number of hydrogen-bond acceptors (Lipinski definition) is 2. The van der Waals surface area contributed by atoms with E-state index in [9.17, 15) is 14.0 Å². The van der Waals surface area contributed by atoms with Crippen LogP contribution < -0.4 is 10.9 Å². The number of amides is 2. The first kappa shape index (κ1) is 22.3. The van der Waals surface area contributed by atoms with Gasteiger partial charge in [0.15, 0.2) is 0 Å². The number of nitrogens with one attached hydrogen (secondary N) is 2. The molecule has 0 saturated heterocycles. The summed E-state index contributed by atoms with van der Waals surface area (Å²) in [5.41, 5.74) is 4.75. The molecular weight excluding hydrogens is 417 g/mol. The van der Waals surface area contributed by atoms with E-state index in [-0.39, 0.29) is 24.0 Å². The number of nitrogens with zero attached hydrogens (tertiary/aromatic N) is 1. The molecule has 0 atom stereocenters. The first-order chi connectivity index (χ1) is 15.9. The van der Waals surface area contributed by atoms with E-state index in [0.29, 0.717) is 24.2 Å². The Hall–Kier alpha value is -3.93. The highest BCUT2D eigenvalue weighted by atomic mass is 19.1. The molecule has 0 bridgehead atoms. The van der Waals surface area contributed by atoms with Crippen LogP contribution in [0.25, 0.3) is 10.9 Å². The first-order valence-corrected chi connectivity index (χ1v) is 10.9. The number of hydrogen-bond donors (Lipinski definition) is 2. The van der Waals surface area contributed by atoms with Crippen molar-refractivity contribution in [3.63, 3.8) is 0 Å². The number of benzene rings is 3. The second-order valence-corrected chi connectivity index (χ2v) is 8.21. The number of fused-ring (bicyclic) bond motifs is 1. The van der Waals surface area contributed by atoms with E-state index in [1.807, 2.05) is 62.4 Å². The van der Waals surface area contributed by atoms with Crippen molar-refractivity contribution < 1.29 is 9.18 Å². The maximum atomic E-state index is 13.3. The van der Waals surface area contributed by atoms with Crippen molar-refractivity contribution in [2.24, 2.45) is 0 Å². The Morgan fingerprint density at radius 1 is 0.970 bits per heavy atom. The van der Waals surface area contributed by atoms with Crippen molar-refractivity contribution in [1.29, 1.82) is 0 Å². The molecule has 4 rings (SSSR count). The van der Waals surface area contributed by atoms with Crippen LogP contribution in [-0.2, 0) is 13.0 Å². The SMILES string of the molecule is Cc1ccc(C)c2[nH]c(=O)c(CN(CCc3ccccc3)C(=O)Nc3ccc(F)cc3)cc12. The summed E-state index contributed by atoms with van der Waals surface area (Å²) in [6, 6.07) is 21.0. The monoisotopic (exact) mass is 443 g/mol. The van der Waals surface area contributed by atoms with Gasteiger partial charge in [-0.3, -0.25) is 4.79 Å². The summed E-state index contributed by atoms with van der Waals surface area (Å²) in [4.78, 5) is 30.6. The maximum Gasteiger partial charge on any atom is 0.322 e. The van der Waals surface area contributed by atoms with E-state index >= 15 is 0 Å². The molecule has 1 aromatic heterocycles. The third-order valence-electron chi connectivity index (χ3n) is 5.78. The molecule has 33 heavy (non-hydrogen) atoms. The zero-order valence-corrected chi connectivity index (χ0v) is 18.7. The number of H-pyrrole nitrogens is 1. The van der Waals surface area contributed by atoms with Crippen LogP contribution in [-0.4, -0.2) is 22.5 Å². The minimum absolute atomic E-state index is 0.151. The maximum absolute atomic E-state index is 13.3. The van der Waals surface area contributed by atoms with Crippen LogP contribution in [0.2, 0.25) is 0 Å². The van der Waals surface area contributed by atoms with Crippen LogP contribution in [0.15, 0.2) is 77.6 Å². The number of carbonyl (C=O) groups is 1. The molecular formula is C27H26FN3O2. The summed E-state index contributed by atoms with van der Waals surface area (Å²) >= 11 is 0. The standard InChI is InChI=1S/C27H26FN3O2/c1-18-8-9-19(2)25-24(18)16-21(26(32)30-25)17-31(15-14-20-6-4-3-5-7-20)27(33)29-23-12-10-22(28)11-13-23/h3-13,16H,14-15,17H2,1-2H3,(H,29,33)(H,30,32). The van der Waals surface area contributed by atoms with Crippen molar-refractivity contribution in [2.75, 3.05) is 11.9 Å². The number of anilines is 1. The molecule has 168 valence electrons. The van der Waals surface area contributed by atoms with E-state index in [4.69, 9.17) is 0 Å². The third kappa shape index (κ3) is 5.29. The topological polar surface area (TPSA) is 65.2 Å². The highest BCUT2D eigenvalue weighted by Crippen LogP contribution is 2.20. The van der Waals surface area contributed by atoms with Crippen LogP contribution in [0.4, 0.5) is 14.9 Å². The van der Waals surface area contributed by atoms with E-state index in [1.54, 1.807) is 4.90 Å². The minimum atomic E-state index is -0.373. The van der Waals surface area contributed by atoms with Gasteiger partial charge in [-0.15, -0.1) is 0 Å². The lowest BCUT2D eigenvalue weighted by Gasteiger charge is -2.23. The molecule has 0 aliphatic rings. The molecule has 0 aliphatic carbocycles. The lowest BCUT2D eigenvalue weighted by atomic mass is 10.0. The highest BCUT2D eigenvalue weighted by Gasteiger charge is 2.17. The second kappa shape index (κ2) is 9.69. The smallest absolute Gasteiger partial charge is 0.321 e. The summed E-state index contributed by atoms with van der Waals surface area (Å²) in [5.74, 6) is -0.373. The lowest BCUT2D eigenvalue weighted by molar-refractivity contribution is 0.209. The molecule has 4 aromatic rings. The largest absolute Gasteiger partial charge is 0.322 e. The van der Waals surface area contributed by atoms with Crippen molar-refractivity contribution in [1.82, 2.24) is 9.88 Å². The highest BCUT2D eigenvalue weighted by molar-refractivity contribution is 5.89. The van der Waals surface area contributed by atoms with E-state index in [2.05, 4.69) is 10.3 Å². The zero-order valence-electron chi connectivity index (χ0n) is 18.7. The molecule has 6 heteroatoms. The van der Waals surface area contributed by atoms with E-state index in [0.717, 1.165) is 27.6 Å². The minimum Gasteiger partial charge on any atom is -0.321 e. The van der Waals surface area contributed by atoms with Crippen molar-refractivity contribution in [2.45, 2.75) is 26.8 Å². The van der Waals surface area contributed by atoms with E-state index < -0.39 is 0 Å². The molecule has 0 fully saturated rings. The lowest BCUT2D eigenvalue weighted by Crippen LogP contribution is -2.37. The van der Waals surface area contributed by atoms with Gasteiger partial charge in [-0.2, -0.15) is 0 Å². The van der Waals surface area contributed by atoms with Gasteiger partial charge >= 0.3 is 6.03 Å². The number of aromatic amines is 1. The van der Waals surface area contributed by atoms with Gasteiger partial charge in [-0.25, -0.2) is 9.18 Å². The fraction of sp³-hybridized carbons (Fsp3) is 0.185. The van der Waals surface area contributed by atoms with Crippen LogP contribution >= 0.6 is 0 Å². The molecule has 0 spiro atoms. The molecule has 0 aliphatic heterocycles. The number of carbonyl (C=O) groups excluding carboxylic acids is 1. The van der Waals surface area contributed by atoms with Gasteiger partial charge in [0.1, 0.15) is 5.82 Å². The van der Waals surface area contributed by atoms with Crippen molar-refractivity contribution in [3.05, 3.63) is 111 Å². The average molecular weight is 444 g/mol. The Morgan fingerprint density at radius 2 is 1.67 bits per heavy atom. The van der Waals surface area contributed by atoms with Gasteiger partial charge in [0.05, 0.1) is 12.1 Å². The van der Waals surface area contributed by atoms with E-state index in [1.165, 1.54) is 24.3 Å². The van der Waals surface area contributed by atoms with Gasteiger partial charge in [0.25, 0.3) is 5.56 Å². The van der Waals surface area contributed by atoms with Crippen molar-refractivity contribution in [3.8, 4) is 0 Å². The molecule has 2 N–H and O–H groups in total. The van der Waals surface area contributed by atoms with Gasteiger partial charge in [0.2, 0.25) is 0 Å². The summed E-state index contributed by atoms with van der Waals surface area (Å²) in [6.07, 6.45) is 0.640. The number of aromatic nitrogens is 1. The predicted molar refractivity (Wildman–Crippen MR) is 130 cm³/mol. The Morgan fingerprint density at radius 3 is 2.39 bits per heavy atom. The molecule has 5 nitrogen and oxygen atoms in total. The molecule has 0 saturated carbocycles. The summed E-state index contributed by atoms with van der Waals surface area (Å²) in [7, 11) is 0. The molecule has 3 aromatic carbocycles. The average Bonchev–Trinajstić information content (AvgIpc) is 2.82. The fourth-order valence-corrected chi connectivity index (χ4v) is 3.84. The number of rotatable bonds is 6. The number of halogens is 1. The third-order valence-corrected chi connectivity index (χ3v) is 5.78. The first-order valence-electron chi connectivity index (χ1n) is 10.9. The Bertz CT molecular complexity index is 1330. The Labute approximate surface area is 191 Å². The van der Waals surface area contributed by atoms with Gasteiger partial charge < -0.3 is 15.2 Å². The van der Waals surface area contributed by atoms with Gasteiger partial charge in [-0.05, 0) is 67.3 Å². The van der Waals surface area contributed by atoms with Crippen molar-refractivity contribution >= 4 is 22.6 Å². The number of urea groups is 1. The quantitative estimate of drug-likeness (QED) is 0.410. The number of aryl methyl sites for hydroxylation is 2. The van der Waals surface area contributed by atoms with Crippen LogP contribution in [0.5, 0.6) is 0 Å². The van der Waals surface area contributed by atoms with Gasteiger partial charge in [-0.1, -0.05) is 42.5 Å². The van der Waals surface area contributed by atoms with Crippen LogP contribution in [0.3, 0.4) is 0 Å². The molecule has 1 heterocycles. The molecule has 0 unspecified atom stereocenters. The Kier molecular flexibility index (Phi) is 6.54. The van der Waals surface area contributed by atoms with Crippen LogP contribution in [0, 0.1) is 19.7 Å². The molecule has 0 radical (unpaired) electrons. The second-order valence-electron chi connectivity index (χ2n) is 8.21. The predicted octanol–water partition coefficient (Wildman–Crippen LogP) is 5.56. The zero-order chi connectivity index (χ0) is 23.4. The Balaban J connectivity index is 1.63. The summed E-state index contributed by atoms with van der Waals surface area (Å²) in [6.45, 7) is 4.53. The fourth-order valence-electron chi connectivity index (χ4n) is 3.84. The van der Waals surface area contributed by atoms with Crippen LogP contribution in [0.1, 0.15) is 22.3 Å². The van der Waals surface area contributed by atoms with Gasteiger partial charge in [0, 0.05) is 23.2 Å². The summed E-state index contributed by atoms with van der Waals surface area (Å²) in [5, 5.41) is 3.78. The normalized spacial score (nSPS) is 10.9. The number of pyridine rings is 1. The summed E-state index contributed by atoms with van der Waals surface area (Å²) < 4.78 is 13.3. The molecule has 2 amide bonds.